The Hall–Kier alpha value is -2.04. The van der Waals surface area contributed by atoms with Crippen molar-refractivity contribution in [3.8, 4) is 0 Å². The molecule has 0 radical (unpaired) electrons. The summed E-state index contributed by atoms with van der Waals surface area (Å²) in [7, 11) is 0. The number of nitrogens with one attached hydrogen (secondary N) is 1. The van der Waals surface area contributed by atoms with Crippen LogP contribution in [0.1, 0.15) is 25.3 Å². The second-order valence-electron chi connectivity index (χ2n) is 5.63. The molecule has 1 aromatic carbocycles. The van der Waals surface area contributed by atoms with Gasteiger partial charge in [0.1, 0.15) is 0 Å². The number of carbonyl (C=O) groups is 2. The van der Waals surface area contributed by atoms with Crippen LogP contribution in [-0.2, 0) is 14.3 Å². The molecule has 5 heteroatoms. The van der Waals surface area contributed by atoms with Crippen LogP contribution in [0.25, 0.3) is 0 Å². The summed E-state index contributed by atoms with van der Waals surface area (Å²) in [6.07, 6.45) is 1.38. The Kier molecular flexibility index (Phi) is 5.81. The van der Waals surface area contributed by atoms with Crippen molar-refractivity contribution in [3.05, 3.63) is 29.8 Å². The van der Waals surface area contributed by atoms with E-state index in [1.54, 1.807) is 0 Å². The molecule has 0 bridgehead atoms. The van der Waals surface area contributed by atoms with E-state index in [0.717, 1.165) is 5.69 Å². The SMILES string of the molecule is CCOC(=O)C1CCN(C(=O)CNc2ccc(C)cc2)CC1. The average molecular weight is 304 g/mol. The van der Waals surface area contributed by atoms with E-state index in [2.05, 4.69) is 5.32 Å². The normalized spacial score (nSPS) is 15.5. The van der Waals surface area contributed by atoms with Crippen molar-refractivity contribution in [2.75, 3.05) is 31.6 Å². The van der Waals surface area contributed by atoms with Gasteiger partial charge in [-0.1, -0.05) is 17.7 Å². The quantitative estimate of drug-likeness (QED) is 0.847. The summed E-state index contributed by atoms with van der Waals surface area (Å²) >= 11 is 0. The number of aryl methyl sites for hydroxylation is 1. The van der Waals surface area contributed by atoms with E-state index in [1.165, 1.54) is 5.56 Å². The van der Waals surface area contributed by atoms with Gasteiger partial charge in [-0.25, -0.2) is 0 Å². The zero-order valence-corrected chi connectivity index (χ0v) is 13.3. The van der Waals surface area contributed by atoms with E-state index < -0.39 is 0 Å². The number of nitrogens with zero attached hydrogens (tertiary/aromatic N) is 1. The van der Waals surface area contributed by atoms with Crippen LogP contribution >= 0.6 is 0 Å². The second-order valence-corrected chi connectivity index (χ2v) is 5.63. The molecular weight excluding hydrogens is 280 g/mol. The summed E-state index contributed by atoms with van der Waals surface area (Å²) in [5.41, 5.74) is 2.14. The first-order valence-corrected chi connectivity index (χ1v) is 7.85. The van der Waals surface area contributed by atoms with Crippen molar-refractivity contribution in [2.45, 2.75) is 26.7 Å². The predicted octanol–water partition coefficient (Wildman–Crippen LogP) is 2.21. The van der Waals surface area contributed by atoms with Crippen LogP contribution in [-0.4, -0.2) is 43.0 Å². The summed E-state index contributed by atoms with van der Waals surface area (Å²) in [4.78, 5) is 25.7. The van der Waals surface area contributed by atoms with Crippen molar-refractivity contribution in [2.24, 2.45) is 5.92 Å². The van der Waals surface area contributed by atoms with Crippen LogP contribution in [0.5, 0.6) is 0 Å². The third-order valence-corrected chi connectivity index (χ3v) is 3.96. The van der Waals surface area contributed by atoms with Gasteiger partial charge < -0.3 is 15.0 Å². The number of benzene rings is 1. The highest BCUT2D eigenvalue weighted by atomic mass is 16.5. The van der Waals surface area contributed by atoms with Gasteiger partial charge in [-0.3, -0.25) is 9.59 Å². The van der Waals surface area contributed by atoms with E-state index in [-0.39, 0.29) is 24.3 Å². The van der Waals surface area contributed by atoms with Crippen molar-refractivity contribution in [1.82, 2.24) is 4.90 Å². The summed E-state index contributed by atoms with van der Waals surface area (Å²) < 4.78 is 5.04. The summed E-state index contributed by atoms with van der Waals surface area (Å²) in [6.45, 7) is 5.79. The van der Waals surface area contributed by atoms with E-state index in [0.29, 0.717) is 32.5 Å². The molecule has 22 heavy (non-hydrogen) atoms. The highest BCUT2D eigenvalue weighted by molar-refractivity contribution is 5.81. The van der Waals surface area contributed by atoms with Gasteiger partial charge in [0.15, 0.2) is 0 Å². The minimum absolute atomic E-state index is 0.0611. The van der Waals surface area contributed by atoms with Crippen molar-refractivity contribution in [3.63, 3.8) is 0 Å². The topological polar surface area (TPSA) is 58.6 Å². The average Bonchev–Trinajstić information content (AvgIpc) is 2.54. The van der Waals surface area contributed by atoms with Crippen LogP contribution in [0, 0.1) is 12.8 Å². The highest BCUT2D eigenvalue weighted by Crippen LogP contribution is 2.19. The molecule has 120 valence electrons. The number of ether oxygens (including phenoxy) is 1. The molecule has 0 aromatic heterocycles. The van der Waals surface area contributed by atoms with Crippen LogP contribution < -0.4 is 5.32 Å². The van der Waals surface area contributed by atoms with E-state index in [4.69, 9.17) is 4.74 Å². The number of rotatable bonds is 5. The highest BCUT2D eigenvalue weighted by Gasteiger charge is 2.27. The number of anilines is 1. The molecule has 5 nitrogen and oxygen atoms in total. The van der Waals surface area contributed by atoms with E-state index in [1.807, 2.05) is 43.0 Å². The molecule has 1 aliphatic rings. The fraction of sp³-hybridized carbons (Fsp3) is 0.529. The molecule has 1 N–H and O–H groups in total. The van der Waals surface area contributed by atoms with Gasteiger partial charge in [0.05, 0.1) is 19.1 Å². The van der Waals surface area contributed by atoms with Crippen LogP contribution in [0.3, 0.4) is 0 Å². The van der Waals surface area contributed by atoms with Crippen LogP contribution in [0.15, 0.2) is 24.3 Å². The Labute approximate surface area is 131 Å². The van der Waals surface area contributed by atoms with Gasteiger partial charge >= 0.3 is 5.97 Å². The maximum atomic E-state index is 12.2. The second kappa shape index (κ2) is 7.82. The van der Waals surface area contributed by atoms with Gasteiger partial charge in [-0.15, -0.1) is 0 Å². The Morgan fingerprint density at radius 1 is 1.23 bits per heavy atom. The lowest BCUT2D eigenvalue weighted by Gasteiger charge is -2.31. The number of piperidine rings is 1. The van der Waals surface area contributed by atoms with Gasteiger partial charge in [0.2, 0.25) is 5.91 Å². The molecule has 1 heterocycles. The molecule has 1 saturated heterocycles. The lowest BCUT2D eigenvalue weighted by molar-refractivity contribution is -0.151. The van der Waals surface area contributed by atoms with Crippen molar-refractivity contribution < 1.29 is 14.3 Å². The lowest BCUT2D eigenvalue weighted by atomic mass is 9.97. The summed E-state index contributed by atoms with van der Waals surface area (Å²) in [5, 5.41) is 3.14. The maximum absolute atomic E-state index is 12.2. The number of hydrogen-bond acceptors (Lipinski definition) is 4. The van der Waals surface area contributed by atoms with Gasteiger partial charge in [-0.2, -0.15) is 0 Å². The fourth-order valence-corrected chi connectivity index (χ4v) is 2.59. The Bertz CT molecular complexity index is 505. The molecule has 1 fully saturated rings. The summed E-state index contributed by atoms with van der Waals surface area (Å²) in [6, 6.07) is 7.96. The minimum atomic E-state index is -0.132. The molecule has 1 aliphatic heterocycles. The third kappa shape index (κ3) is 4.48. The molecule has 0 unspecified atom stereocenters. The van der Waals surface area contributed by atoms with Crippen LogP contribution in [0.4, 0.5) is 5.69 Å². The number of carbonyl (C=O) groups excluding carboxylic acids is 2. The van der Waals surface area contributed by atoms with Crippen molar-refractivity contribution in [1.29, 1.82) is 0 Å². The fourth-order valence-electron chi connectivity index (χ4n) is 2.59. The first-order chi connectivity index (χ1) is 10.6. The Morgan fingerprint density at radius 2 is 1.86 bits per heavy atom. The standard InChI is InChI=1S/C17H24N2O3/c1-3-22-17(21)14-8-10-19(11-9-14)16(20)12-18-15-6-4-13(2)5-7-15/h4-7,14,18H,3,8-12H2,1-2H3. The predicted molar refractivity (Wildman–Crippen MR) is 85.6 cm³/mol. The molecule has 0 saturated carbocycles. The van der Waals surface area contributed by atoms with Gasteiger partial charge in [0.25, 0.3) is 0 Å². The molecule has 2 rings (SSSR count). The molecular formula is C17H24N2O3. The summed E-state index contributed by atoms with van der Waals surface area (Å²) in [5.74, 6) is -0.121. The largest absolute Gasteiger partial charge is 0.466 e. The lowest BCUT2D eigenvalue weighted by Crippen LogP contribution is -2.43. The Balaban J connectivity index is 1.75. The first kappa shape index (κ1) is 16.3. The molecule has 0 spiro atoms. The number of amides is 1. The number of esters is 1. The molecule has 0 aliphatic carbocycles. The smallest absolute Gasteiger partial charge is 0.309 e. The zero-order valence-electron chi connectivity index (χ0n) is 13.3. The van der Waals surface area contributed by atoms with E-state index in [9.17, 15) is 9.59 Å². The number of hydrogen-bond donors (Lipinski definition) is 1. The Morgan fingerprint density at radius 3 is 2.45 bits per heavy atom. The molecule has 1 amide bonds. The third-order valence-electron chi connectivity index (χ3n) is 3.96. The van der Waals surface area contributed by atoms with Crippen LogP contribution in [0.2, 0.25) is 0 Å². The minimum Gasteiger partial charge on any atom is -0.466 e. The first-order valence-electron chi connectivity index (χ1n) is 7.85. The van der Waals surface area contributed by atoms with Gasteiger partial charge in [0, 0.05) is 18.8 Å². The van der Waals surface area contributed by atoms with Gasteiger partial charge in [-0.05, 0) is 38.8 Å². The van der Waals surface area contributed by atoms with Crippen molar-refractivity contribution >= 4 is 17.6 Å². The monoisotopic (exact) mass is 304 g/mol. The maximum Gasteiger partial charge on any atom is 0.309 e. The number of likely N-dealkylation sites (tertiary alicyclic amines) is 1. The molecule has 1 aromatic rings. The zero-order chi connectivity index (χ0) is 15.9. The molecule has 0 atom stereocenters. The van der Waals surface area contributed by atoms with E-state index >= 15 is 0 Å².